The summed E-state index contributed by atoms with van der Waals surface area (Å²) in [6.07, 6.45) is 2.99. The maximum Gasteiger partial charge on any atom is 0.338 e. The number of rotatable bonds is 6. The first-order valence-electron chi connectivity index (χ1n) is 7.65. The summed E-state index contributed by atoms with van der Waals surface area (Å²) >= 11 is 0. The van der Waals surface area contributed by atoms with Crippen LogP contribution in [0.4, 0.5) is 0 Å². The van der Waals surface area contributed by atoms with E-state index in [1.54, 1.807) is 35.3 Å². The standard InChI is InChI=1S/C18H16N4O3/c23-17(20-10-14-4-2-1-3-5-14)11-25-18(24)15-6-8-16(9-7-15)22-13-19-12-21-22/h1-9,12-13H,10-11H2,(H,20,23). The van der Waals surface area contributed by atoms with Crippen LogP contribution in [0.2, 0.25) is 0 Å². The third-order valence-electron chi connectivity index (χ3n) is 3.45. The molecule has 0 atom stereocenters. The van der Waals surface area contributed by atoms with Crippen molar-refractivity contribution in [2.75, 3.05) is 6.61 Å². The summed E-state index contributed by atoms with van der Waals surface area (Å²) in [5.41, 5.74) is 2.11. The minimum Gasteiger partial charge on any atom is -0.452 e. The van der Waals surface area contributed by atoms with Crippen molar-refractivity contribution >= 4 is 11.9 Å². The van der Waals surface area contributed by atoms with E-state index in [1.807, 2.05) is 30.3 Å². The molecule has 0 unspecified atom stereocenters. The smallest absolute Gasteiger partial charge is 0.338 e. The Kier molecular flexibility index (Phi) is 5.16. The zero-order valence-corrected chi connectivity index (χ0v) is 13.3. The van der Waals surface area contributed by atoms with Crippen LogP contribution in [0.3, 0.4) is 0 Å². The molecule has 0 aliphatic heterocycles. The monoisotopic (exact) mass is 336 g/mol. The second-order valence-corrected chi connectivity index (χ2v) is 5.23. The van der Waals surface area contributed by atoms with Crippen molar-refractivity contribution in [2.45, 2.75) is 6.54 Å². The van der Waals surface area contributed by atoms with Gasteiger partial charge in [0.2, 0.25) is 0 Å². The zero-order valence-electron chi connectivity index (χ0n) is 13.3. The van der Waals surface area contributed by atoms with E-state index >= 15 is 0 Å². The Morgan fingerprint density at radius 1 is 1.04 bits per heavy atom. The summed E-state index contributed by atoms with van der Waals surface area (Å²) in [7, 11) is 0. The number of hydrogen-bond donors (Lipinski definition) is 1. The molecule has 0 aliphatic rings. The lowest BCUT2D eigenvalue weighted by Crippen LogP contribution is -2.28. The molecule has 0 radical (unpaired) electrons. The molecule has 1 heterocycles. The lowest BCUT2D eigenvalue weighted by molar-refractivity contribution is -0.124. The summed E-state index contributed by atoms with van der Waals surface area (Å²) in [5, 5.41) is 6.70. The van der Waals surface area contributed by atoms with E-state index in [4.69, 9.17) is 4.74 Å². The van der Waals surface area contributed by atoms with E-state index in [0.29, 0.717) is 12.1 Å². The van der Waals surface area contributed by atoms with Gasteiger partial charge in [-0.15, -0.1) is 0 Å². The van der Waals surface area contributed by atoms with Gasteiger partial charge in [-0.3, -0.25) is 4.79 Å². The van der Waals surface area contributed by atoms with Gasteiger partial charge in [0.15, 0.2) is 6.61 Å². The summed E-state index contributed by atoms with van der Waals surface area (Å²) in [6, 6.07) is 16.2. The Morgan fingerprint density at radius 3 is 2.48 bits per heavy atom. The molecule has 1 N–H and O–H groups in total. The maximum atomic E-state index is 12.0. The van der Waals surface area contributed by atoms with Crippen LogP contribution >= 0.6 is 0 Å². The predicted octanol–water partition coefficient (Wildman–Crippen LogP) is 1.74. The van der Waals surface area contributed by atoms with Crippen molar-refractivity contribution in [1.82, 2.24) is 20.1 Å². The third-order valence-corrected chi connectivity index (χ3v) is 3.45. The van der Waals surface area contributed by atoms with Gasteiger partial charge in [0.1, 0.15) is 12.7 Å². The minimum atomic E-state index is -0.556. The number of amides is 1. The Morgan fingerprint density at radius 2 is 1.80 bits per heavy atom. The van der Waals surface area contributed by atoms with Crippen LogP contribution in [0.25, 0.3) is 5.69 Å². The molecular formula is C18H16N4O3. The molecule has 0 fully saturated rings. The number of hydrogen-bond acceptors (Lipinski definition) is 5. The molecule has 25 heavy (non-hydrogen) atoms. The van der Waals surface area contributed by atoms with Gasteiger partial charge in [0.05, 0.1) is 11.3 Å². The van der Waals surface area contributed by atoms with Crippen LogP contribution in [0.5, 0.6) is 0 Å². The van der Waals surface area contributed by atoms with Crippen molar-refractivity contribution < 1.29 is 14.3 Å². The first kappa shape index (κ1) is 16.4. The molecule has 3 aromatic rings. The number of nitrogens with zero attached hydrogens (tertiary/aromatic N) is 3. The summed E-state index contributed by atoms with van der Waals surface area (Å²) in [4.78, 5) is 27.6. The predicted molar refractivity (Wildman–Crippen MR) is 89.9 cm³/mol. The number of nitrogens with one attached hydrogen (secondary N) is 1. The average molecular weight is 336 g/mol. The molecule has 7 nitrogen and oxygen atoms in total. The number of carbonyl (C=O) groups excluding carboxylic acids is 2. The van der Waals surface area contributed by atoms with Gasteiger partial charge in [0, 0.05) is 6.54 Å². The van der Waals surface area contributed by atoms with Crippen molar-refractivity contribution in [3.8, 4) is 5.69 Å². The molecule has 1 aromatic heterocycles. The van der Waals surface area contributed by atoms with Gasteiger partial charge in [-0.2, -0.15) is 5.10 Å². The van der Waals surface area contributed by atoms with Crippen molar-refractivity contribution in [3.63, 3.8) is 0 Å². The van der Waals surface area contributed by atoms with Crippen molar-refractivity contribution in [2.24, 2.45) is 0 Å². The van der Waals surface area contributed by atoms with Gasteiger partial charge >= 0.3 is 5.97 Å². The van der Waals surface area contributed by atoms with Crippen LogP contribution in [-0.2, 0) is 16.1 Å². The molecular weight excluding hydrogens is 320 g/mol. The molecule has 126 valence electrons. The lowest BCUT2D eigenvalue weighted by atomic mass is 10.2. The lowest BCUT2D eigenvalue weighted by Gasteiger charge is -2.07. The van der Waals surface area contributed by atoms with Gasteiger partial charge in [-0.25, -0.2) is 14.5 Å². The summed E-state index contributed by atoms with van der Waals surface area (Å²) in [6.45, 7) is 0.0698. The van der Waals surface area contributed by atoms with Crippen LogP contribution in [0, 0.1) is 0 Å². The first-order chi connectivity index (χ1) is 12.2. The highest BCUT2D eigenvalue weighted by Gasteiger charge is 2.10. The summed E-state index contributed by atoms with van der Waals surface area (Å²) < 4.78 is 6.60. The third kappa shape index (κ3) is 4.51. The summed E-state index contributed by atoms with van der Waals surface area (Å²) in [5.74, 6) is -0.906. The van der Waals surface area contributed by atoms with E-state index in [-0.39, 0.29) is 12.5 Å². The molecule has 1 amide bonds. The first-order valence-corrected chi connectivity index (χ1v) is 7.65. The topological polar surface area (TPSA) is 86.1 Å². The van der Waals surface area contributed by atoms with E-state index in [2.05, 4.69) is 15.4 Å². The normalized spacial score (nSPS) is 10.2. The van der Waals surface area contributed by atoms with E-state index in [9.17, 15) is 9.59 Å². The molecule has 0 bridgehead atoms. The highest BCUT2D eigenvalue weighted by atomic mass is 16.5. The molecule has 0 saturated carbocycles. The van der Waals surface area contributed by atoms with Gasteiger partial charge in [0.25, 0.3) is 5.91 Å². The fourth-order valence-corrected chi connectivity index (χ4v) is 2.15. The molecule has 2 aromatic carbocycles. The fraction of sp³-hybridized carbons (Fsp3) is 0.111. The molecule has 3 rings (SSSR count). The Hall–Kier alpha value is -3.48. The SMILES string of the molecule is O=C(COC(=O)c1ccc(-n2cncn2)cc1)NCc1ccccc1. The number of carbonyl (C=O) groups is 2. The average Bonchev–Trinajstić information content (AvgIpc) is 3.20. The van der Waals surface area contributed by atoms with Gasteiger partial charge in [-0.1, -0.05) is 30.3 Å². The Balaban J connectivity index is 1.48. The van der Waals surface area contributed by atoms with E-state index in [0.717, 1.165) is 11.3 Å². The minimum absolute atomic E-state index is 0.323. The molecule has 7 heteroatoms. The number of ether oxygens (including phenoxy) is 1. The quantitative estimate of drug-likeness (QED) is 0.693. The van der Waals surface area contributed by atoms with Crippen LogP contribution in [0.1, 0.15) is 15.9 Å². The largest absolute Gasteiger partial charge is 0.452 e. The van der Waals surface area contributed by atoms with Crippen molar-refractivity contribution in [3.05, 3.63) is 78.4 Å². The second kappa shape index (κ2) is 7.87. The van der Waals surface area contributed by atoms with Gasteiger partial charge < -0.3 is 10.1 Å². The number of esters is 1. The van der Waals surface area contributed by atoms with Gasteiger partial charge in [-0.05, 0) is 29.8 Å². The fourth-order valence-electron chi connectivity index (χ4n) is 2.15. The van der Waals surface area contributed by atoms with Crippen LogP contribution < -0.4 is 5.32 Å². The van der Waals surface area contributed by atoms with Crippen LogP contribution in [-0.4, -0.2) is 33.2 Å². The Labute approximate surface area is 144 Å². The number of benzene rings is 2. The Bertz CT molecular complexity index is 831. The number of aromatic nitrogens is 3. The second-order valence-electron chi connectivity index (χ2n) is 5.23. The van der Waals surface area contributed by atoms with Crippen LogP contribution in [0.15, 0.2) is 67.3 Å². The highest BCUT2D eigenvalue weighted by Crippen LogP contribution is 2.09. The van der Waals surface area contributed by atoms with E-state index in [1.165, 1.54) is 6.33 Å². The maximum absolute atomic E-state index is 12.0. The highest BCUT2D eigenvalue weighted by molar-refractivity contribution is 5.91. The zero-order chi connectivity index (χ0) is 17.5. The molecule has 0 saturated heterocycles. The molecule has 0 aliphatic carbocycles. The molecule has 0 spiro atoms. The van der Waals surface area contributed by atoms with E-state index < -0.39 is 5.97 Å². The van der Waals surface area contributed by atoms with Crippen molar-refractivity contribution in [1.29, 1.82) is 0 Å².